The Hall–Kier alpha value is -1.65. The molecule has 35 heavy (non-hydrogen) atoms. The van der Waals surface area contributed by atoms with Gasteiger partial charge in [-0.3, -0.25) is 14.5 Å². The van der Waals surface area contributed by atoms with E-state index in [0.29, 0.717) is 30.9 Å². The number of anilines is 2. The van der Waals surface area contributed by atoms with Crippen molar-refractivity contribution in [3.63, 3.8) is 0 Å². The van der Waals surface area contributed by atoms with E-state index in [1.807, 2.05) is 0 Å². The molecule has 0 saturated carbocycles. The summed E-state index contributed by atoms with van der Waals surface area (Å²) in [6.07, 6.45) is -8.35. The third kappa shape index (κ3) is 6.98. The van der Waals surface area contributed by atoms with Crippen LogP contribution >= 0.6 is 47.8 Å². The third-order valence-electron chi connectivity index (χ3n) is 5.37. The standard InChI is InChI=1S/C19H20Br3F4N5O4/c20-18(21,22)15(28-10-32)30-6-5-29(9-14(30)23)11-1-3-12(4-2-11)31-8-13(35-17(31)34)7-27-16(33)19(24,25)26/h1-4,10,13-15H,5-9H2,(H,27,33)(H,28,32). The number of alkyl halides is 7. The Kier molecular flexibility index (Phi) is 8.91. The molecule has 0 radical (unpaired) electrons. The molecule has 2 aliphatic rings. The molecule has 194 valence electrons. The Morgan fingerprint density at radius 1 is 1.14 bits per heavy atom. The zero-order chi connectivity index (χ0) is 26.0. The third-order valence-corrected chi connectivity index (χ3v) is 6.68. The Morgan fingerprint density at radius 2 is 1.77 bits per heavy atom. The average molecular weight is 698 g/mol. The molecule has 2 fully saturated rings. The molecule has 3 unspecified atom stereocenters. The van der Waals surface area contributed by atoms with Crippen molar-refractivity contribution in [2.45, 2.75) is 26.9 Å². The molecule has 3 amide bonds. The average Bonchev–Trinajstić information content (AvgIpc) is 3.15. The van der Waals surface area contributed by atoms with E-state index in [1.54, 1.807) is 34.5 Å². The first kappa shape index (κ1) is 27.9. The summed E-state index contributed by atoms with van der Waals surface area (Å²) in [5.74, 6) is -2.11. The van der Waals surface area contributed by atoms with Crippen LogP contribution in [0.25, 0.3) is 0 Å². The van der Waals surface area contributed by atoms with Crippen LogP contribution in [0.15, 0.2) is 24.3 Å². The first-order valence-corrected chi connectivity index (χ1v) is 12.5. The van der Waals surface area contributed by atoms with E-state index < -0.39 is 45.4 Å². The van der Waals surface area contributed by atoms with Gasteiger partial charge in [0.05, 0.1) is 19.6 Å². The molecule has 0 aromatic heterocycles. The van der Waals surface area contributed by atoms with Crippen LogP contribution in [0, 0.1) is 0 Å². The molecule has 3 atom stereocenters. The van der Waals surface area contributed by atoms with E-state index in [-0.39, 0.29) is 13.1 Å². The number of hydrogen-bond acceptors (Lipinski definition) is 6. The number of piperazine rings is 1. The maximum Gasteiger partial charge on any atom is 0.471 e. The van der Waals surface area contributed by atoms with Crippen LogP contribution in [0.5, 0.6) is 0 Å². The van der Waals surface area contributed by atoms with Gasteiger partial charge in [0, 0.05) is 24.5 Å². The number of nitrogens with zero attached hydrogens (tertiary/aromatic N) is 3. The molecule has 2 N–H and O–H groups in total. The predicted molar refractivity (Wildman–Crippen MR) is 129 cm³/mol. The number of benzene rings is 1. The lowest BCUT2D eigenvalue weighted by Crippen LogP contribution is -2.62. The number of amides is 3. The Bertz CT molecular complexity index is 935. The SMILES string of the molecule is O=CNC(N1CCN(c2ccc(N3CC(CNC(=O)C(F)(F)F)OC3=O)cc2)CC1F)C(Br)(Br)Br. The number of carbonyl (C=O) groups excluding carboxylic acids is 3. The summed E-state index contributed by atoms with van der Waals surface area (Å²) in [6, 6.07) is 6.61. The maximum absolute atomic E-state index is 15.0. The van der Waals surface area contributed by atoms with Gasteiger partial charge in [-0.2, -0.15) is 13.2 Å². The second-order valence-corrected chi connectivity index (χ2v) is 14.6. The molecule has 0 aliphatic carbocycles. The molecule has 0 bridgehead atoms. The van der Waals surface area contributed by atoms with Crippen molar-refractivity contribution in [2.24, 2.45) is 0 Å². The summed E-state index contributed by atoms with van der Waals surface area (Å²) in [7, 11) is 0. The topological polar surface area (TPSA) is 94.2 Å². The fourth-order valence-electron chi connectivity index (χ4n) is 3.71. The lowest BCUT2D eigenvalue weighted by molar-refractivity contribution is -0.173. The van der Waals surface area contributed by atoms with Crippen molar-refractivity contribution in [1.82, 2.24) is 15.5 Å². The molecule has 0 spiro atoms. The highest BCUT2D eigenvalue weighted by Crippen LogP contribution is 2.40. The molecule has 16 heteroatoms. The van der Waals surface area contributed by atoms with Crippen LogP contribution in [0.1, 0.15) is 0 Å². The second kappa shape index (κ2) is 11.2. The van der Waals surface area contributed by atoms with E-state index in [0.717, 1.165) is 0 Å². The molecule has 1 aromatic rings. The van der Waals surface area contributed by atoms with Gasteiger partial charge in [0.15, 0.2) is 8.44 Å². The summed E-state index contributed by atoms with van der Waals surface area (Å²) < 4.78 is 56.1. The number of ether oxygens (including phenoxy) is 1. The quantitative estimate of drug-likeness (QED) is 0.197. The van der Waals surface area contributed by atoms with Crippen LogP contribution in [0.3, 0.4) is 0 Å². The van der Waals surface area contributed by atoms with Gasteiger partial charge < -0.3 is 20.3 Å². The van der Waals surface area contributed by atoms with Crippen LogP contribution in [0.4, 0.5) is 33.7 Å². The largest absolute Gasteiger partial charge is 0.471 e. The number of cyclic esters (lactones) is 1. The molecule has 1 aromatic carbocycles. The van der Waals surface area contributed by atoms with Gasteiger partial charge in [0.1, 0.15) is 12.3 Å². The zero-order valence-corrected chi connectivity index (χ0v) is 22.5. The van der Waals surface area contributed by atoms with Crippen LogP contribution < -0.4 is 20.4 Å². The number of halogens is 7. The molecular weight excluding hydrogens is 678 g/mol. The van der Waals surface area contributed by atoms with E-state index in [1.165, 1.54) is 9.80 Å². The van der Waals surface area contributed by atoms with Gasteiger partial charge in [-0.1, -0.05) is 47.8 Å². The van der Waals surface area contributed by atoms with Crippen molar-refractivity contribution in [1.29, 1.82) is 0 Å². The Labute approximate surface area is 222 Å². The number of nitrogens with one attached hydrogen (secondary N) is 2. The van der Waals surface area contributed by atoms with Crippen molar-refractivity contribution in [3.05, 3.63) is 24.3 Å². The lowest BCUT2D eigenvalue weighted by Gasteiger charge is -2.44. The molecule has 9 nitrogen and oxygen atoms in total. The summed E-state index contributed by atoms with van der Waals surface area (Å²) in [5, 5.41) is 4.26. The summed E-state index contributed by atoms with van der Waals surface area (Å²) in [5.41, 5.74) is 1.14. The highest BCUT2D eigenvalue weighted by Gasteiger charge is 2.42. The van der Waals surface area contributed by atoms with E-state index in [4.69, 9.17) is 4.74 Å². The fourth-order valence-corrected chi connectivity index (χ4v) is 4.90. The van der Waals surface area contributed by atoms with Gasteiger partial charge in [-0.15, -0.1) is 0 Å². The van der Waals surface area contributed by atoms with Crippen LogP contribution in [-0.2, 0) is 14.3 Å². The van der Waals surface area contributed by atoms with E-state index in [2.05, 4.69) is 53.1 Å². The number of carbonyl (C=O) groups is 3. The van der Waals surface area contributed by atoms with Gasteiger partial charge in [0.25, 0.3) is 0 Å². The zero-order valence-electron chi connectivity index (χ0n) is 17.8. The lowest BCUT2D eigenvalue weighted by atomic mass is 10.2. The van der Waals surface area contributed by atoms with Crippen molar-refractivity contribution in [2.75, 3.05) is 42.5 Å². The fraction of sp³-hybridized carbons (Fsp3) is 0.526. The molecule has 3 rings (SSSR count). The first-order valence-electron chi connectivity index (χ1n) is 10.2. The van der Waals surface area contributed by atoms with Gasteiger partial charge >= 0.3 is 18.2 Å². The molecular formula is C19H20Br3F4N5O4. The second-order valence-electron chi connectivity index (χ2n) is 7.69. The minimum atomic E-state index is -5.02. The monoisotopic (exact) mass is 695 g/mol. The van der Waals surface area contributed by atoms with Crippen LogP contribution in [0.2, 0.25) is 0 Å². The smallest absolute Gasteiger partial charge is 0.442 e. The predicted octanol–water partition coefficient (Wildman–Crippen LogP) is 3.02. The van der Waals surface area contributed by atoms with Crippen LogP contribution in [-0.4, -0.2) is 82.9 Å². The van der Waals surface area contributed by atoms with Gasteiger partial charge in [-0.25, -0.2) is 14.1 Å². The van der Waals surface area contributed by atoms with Gasteiger partial charge in [0.2, 0.25) is 6.41 Å². The minimum Gasteiger partial charge on any atom is -0.442 e. The van der Waals surface area contributed by atoms with E-state index in [9.17, 15) is 27.6 Å². The Morgan fingerprint density at radius 3 is 2.31 bits per heavy atom. The molecule has 2 heterocycles. The summed E-state index contributed by atoms with van der Waals surface area (Å²) in [6.45, 7) is 0.251. The highest BCUT2D eigenvalue weighted by atomic mass is 80.0. The minimum absolute atomic E-state index is 0.0200. The van der Waals surface area contributed by atoms with Crippen molar-refractivity contribution >= 4 is 77.6 Å². The Balaban J connectivity index is 1.59. The van der Waals surface area contributed by atoms with Gasteiger partial charge in [-0.05, 0) is 24.3 Å². The normalized spacial score (nSPS) is 22.5. The summed E-state index contributed by atoms with van der Waals surface area (Å²) >= 11 is 9.96. The number of rotatable bonds is 7. The molecule has 2 aliphatic heterocycles. The first-order chi connectivity index (χ1) is 16.3. The van der Waals surface area contributed by atoms with Crippen molar-refractivity contribution in [3.8, 4) is 0 Å². The summed E-state index contributed by atoms with van der Waals surface area (Å²) in [4.78, 5) is 38.6. The molecule has 2 saturated heterocycles. The van der Waals surface area contributed by atoms with Crippen molar-refractivity contribution < 1.29 is 36.7 Å². The van der Waals surface area contributed by atoms with E-state index >= 15 is 4.39 Å². The number of hydrogen-bond donors (Lipinski definition) is 2. The highest BCUT2D eigenvalue weighted by molar-refractivity contribution is 9.39. The maximum atomic E-state index is 15.0.